The first kappa shape index (κ1) is 18.8. The van der Waals surface area contributed by atoms with E-state index in [1.54, 1.807) is 0 Å². The van der Waals surface area contributed by atoms with Crippen LogP contribution in [0, 0.1) is 0 Å². The van der Waals surface area contributed by atoms with Crippen LogP contribution in [0.4, 0.5) is 0 Å². The minimum Gasteiger partial charge on any atom is -0.455 e. The summed E-state index contributed by atoms with van der Waals surface area (Å²) in [5, 5.41) is 12.5. The van der Waals surface area contributed by atoms with Gasteiger partial charge in [-0.1, -0.05) is 103 Å². The summed E-state index contributed by atoms with van der Waals surface area (Å²) in [6, 6.07) is 43.7. The average molecular weight is 445 g/mol. The highest BCUT2D eigenvalue weighted by Gasteiger charge is 2.15. The second-order valence-corrected chi connectivity index (χ2v) is 9.30. The second-order valence-electron chi connectivity index (χ2n) is 9.30. The standard InChI is InChI=1S/C34H20O/c1-2-11-24-22(9-1)23-10-3-4-12-25(23)31-19-21(17-18-27(24)31)30-20-32-28-14-7-8-16-33(28)35-34(32)29-15-6-5-13-26(29)30/h1-20H. The lowest BCUT2D eigenvalue weighted by Gasteiger charge is -2.13. The SMILES string of the molecule is c1ccc2c(c1)oc1c3ccccc3c(-c3ccc4c5ccccc5c5ccccc5c4c3)cc21. The predicted octanol–water partition coefficient (Wildman–Crippen LogP) is 9.87. The maximum Gasteiger partial charge on any atom is 0.143 e. The van der Waals surface area contributed by atoms with Gasteiger partial charge in [-0.25, -0.2) is 0 Å². The molecule has 0 amide bonds. The van der Waals surface area contributed by atoms with Crippen LogP contribution in [0.1, 0.15) is 0 Å². The Morgan fingerprint density at radius 1 is 0.343 bits per heavy atom. The van der Waals surface area contributed by atoms with Crippen LogP contribution in [-0.2, 0) is 0 Å². The lowest BCUT2D eigenvalue weighted by atomic mass is 9.90. The monoisotopic (exact) mass is 444 g/mol. The van der Waals surface area contributed by atoms with E-state index in [2.05, 4.69) is 115 Å². The first-order valence-electron chi connectivity index (χ1n) is 12.0. The van der Waals surface area contributed by atoms with Crippen LogP contribution in [0.2, 0.25) is 0 Å². The van der Waals surface area contributed by atoms with Gasteiger partial charge in [0.05, 0.1) is 0 Å². The van der Waals surface area contributed by atoms with Gasteiger partial charge in [-0.05, 0) is 67.0 Å². The quantitative estimate of drug-likeness (QED) is 0.230. The van der Waals surface area contributed by atoms with Crippen molar-refractivity contribution in [2.24, 2.45) is 0 Å². The van der Waals surface area contributed by atoms with Gasteiger partial charge in [0.25, 0.3) is 0 Å². The summed E-state index contributed by atoms with van der Waals surface area (Å²) in [6.07, 6.45) is 0. The van der Waals surface area contributed by atoms with Crippen LogP contribution in [-0.4, -0.2) is 0 Å². The molecule has 8 rings (SSSR count). The molecule has 35 heavy (non-hydrogen) atoms. The van der Waals surface area contributed by atoms with Crippen molar-refractivity contribution in [1.29, 1.82) is 0 Å². The minimum atomic E-state index is 0.931. The second kappa shape index (κ2) is 6.94. The number of para-hydroxylation sites is 1. The van der Waals surface area contributed by atoms with Crippen molar-refractivity contribution in [3.63, 3.8) is 0 Å². The molecule has 7 aromatic carbocycles. The first-order valence-corrected chi connectivity index (χ1v) is 12.0. The van der Waals surface area contributed by atoms with Crippen LogP contribution in [0.25, 0.3) is 76.2 Å². The fourth-order valence-electron chi connectivity index (χ4n) is 5.86. The molecule has 0 aliphatic rings. The van der Waals surface area contributed by atoms with E-state index < -0.39 is 0 Å². The van der Waals surface area contributed by atoms with E-state index in [0.717, 1.165) is 27.3 Å². The van der Waals surface area contributed by atoms with Crippen molar-refractivity contribution in [3.8, 4) is 11.1 Å². The third-order valence-corrected chi connectivity index (χ3v) is 7.44. The fourth-order valence-corrected chi connectivity index (χ4v) is 5.86. The van der Waals surface area contributed by atoms with Gasteiger partial charge in [0.15, 0.2) is 0 Å². The van der Waals surface area contributed by atoms with Crippen LogP contribution >= 0.6 is 0 Å². The van der Waals surface area contributed by atoms with Crippen molar-refractivity contribution in [2.45, 2.75) is 0 Å². The topological polar surface area (TPSA) is 13.1 Å². The van der Waals surface area contributed by atoms with Gasteiger partial charge in [-0.3, -0.25) is 0 Å². The molecule has 1 aromatic heterocycles. The molecule has 162 valence electrons. The molecule has 0 unspecified atom stereocenters. The van der Waals surface area contributed by atoms with Gasteiger partial charge in [0.2, 0.25) is 0 Å². The van der Waals surface area contributed by atoms with Gasteiger partial charge < -0.3 is 4.42 Å². The Bertz CT molecular complexity index is 2070. The molecule has 8 aromatic rings. The summed E-state index contributed by atoms with van der Waals surface area (Å²) in [7, 11) is 0. The van der Waals surface area contributed by atoms with E-state index in [0.29, 0.717) is 0 Å². The van der Waals surface area contributed by atoms with E-state index >= 15 is 0 Å². The summed E-state index contributed by atoms with van der Waals surface area (Å²) in [4.78, 5) is 0. The summed E-state index contributed by atoms with van der Waals surface area (Å²) in [6.45, 7) is 0. The van der Waals surface area contributed by atoms with E-state index in [9.17, 15) is 0 Å². The molecule has 1 nitrogen and oxygen atoms in total. The molecule has 0 spiro atoms. The molecule has 0 saturated carbocycles. The zero-order valence-corrected chi connectivity index (χ0v) is 19.0. The molecule has 0 aliphatic heterocycles. The zero-order chi connectivity index (χ0) is 22.9. The number of hydrogen-bond acceptors (Lipinski definition) is 1. The molecule has 0 atom stereocenters. The summed E-state index contributed by atoms with van der Waals surface area (Å²) < 4.78 is 6.33. The normalized spacial score (nSPS) is 12.0. The highest BCUT2D eigenvalue weighted by Crippen LogP contribution is 2.42. The summed E-state index contributed by atoms with van der Waals surface area (Å²) in [5.74, 6) is 0. The van der Waals surface area contributed by atoms with E-state index in [-0.39, 0.29) is 0 Å². The Balaban J connectivity index is 1.52. The Kier molecular flexibility index (Phi) is 3.72. The largest absolute Gasteiger partial charge is 0.455 e. The number of benzene rings is 7. The van der Waals surface area contributed by atoms with Gasteiger partial charge >= 0.3 is 0 Å². The van der Waals surface area contributed by atoms with Gasteiger partial charge in [0, 0.05) is 16.2 Å². The molecular weight excluding hydrogens is 424 g/mol. The van der Waals surface area contributed by atoms with Crippen molar-refractivity contribution in [1.82, 2.24) is 0 Å². The molecule has 0 aliphatic carbocycles. The number of rotatable bonds is 1. The lowest BCUT2D eigenvalue weighted by molar-refractivity contribution is 0.672. The third-order valence-electron chi connectivity index (χ3n) is 7.44. The molecule has 1 heteroatoms. The fraction of sp³-hybridized carbons (Fsp3) is 0. The van der Waals surface area contributed by atoms with Crippen LogP contribution in [0.3, 0.4) is 0 Å². The van der Waals surface area contributed by atoms with Crippen LogP contribution in [0.15, 0.2) is 126 Å². The Morgan fingerprint density at radius 2 is 0.857 bits per heavy atom. The molecular formula is C34H20O. The molecule has 0 bridgehead atoms. The van der Waals surface area contributed by atoms with Gasteiger partial charge in [0.1, 0.15) is 11.2 Å². The van der Waals surface area contributed by atoms with Crippen molar-refractivity contribution in [2.75, 3.05) is 0 Å². The van der Waals surface area contributed by atoms with Crippen molar-refractivity contribution >= 4 is 65.0 Å². The van der Waals surface area contributed by atoms with Crippen molar-refractivity contribution < 1.29 is 4.42 Å². The maximum absolute atomic E-state index is 6.33. The maximum atomic E-state index is 6.33. The minimum absolute atomic E-state index is 0.931. The van der Waals surface area contributed by atoms with Crippen LogP contribution < -0.4 is 0 Å². The van der Waals surface area contributed by atoms with Gasteiger partial charge in [-0.15, -0.1) is 0 Å². The van der Waals surface area contributed by atoms with Gasteiger partial charge in [-0.2, -0.15) is 0 Å². The van der Waals surface area contributed by atoms with E-state index in [1.165, 1.54) is 48.8 Å². The zero-order valence-electron chi connectivity index (χ0n) is 19.0. The van der Waals surface area contributed by atoms with E-state index in [1.807, 2.05) is 6.07 Å². The Labute approximate surface area is 201 Å². The molecule has 0 radical (unpaired) electrons. The Hall–Kier alpha value is -4.62. The predicted molar refractivity (Wildman–Crippen MR) is 149 cm³/mol. The van der Waals surface area contributed by atoms with Crippen LogP contribution in [0.5, 0.6) is 0 Å². The number of hydrogen-bond donors (Lipinski definition) is 0. The van der Waals surface area contributed by atoms with E-state index in [4.69, 9.17) is 4.42 Å². The average Bonchev–Trinajstić information content (AvgIpc) is 3.31. The molecule has 0 saturated heterocycles. The highest BCUT2D eigenvalue weighted by atomic mass is 16.3. The lowest BCUT2D eigenvalue weighted by Crippen LogP contribution is -1.86. The number of furan rings is 1. The number of fused-ring (bicyclic) bond motifs is 11. The molecule has 0 fully saturated rings. The third kappa shape index (κ3) is 2.58. The summed E-state index contributed by atoms with van der Waals surface area (Å²) in [5.41, 5.74) is 4.35. The molecule has 0 N–H and O–H groups in total. The smallest absolute Gasteiger partial charge is 0.143 e. The highest BCUT2D eigenvalue weighted by molar-refractivity contribution is 6.26. The first-order chi connectivity index (χ1) is 17.4. The molecule has 1 heterocycles. The van der Waals surface area contributed by atoms with Crippen molar-refractivity contribution in [3.05, 3.63) is 121 Å². The Morgan fingerprint density at radius 3 is 1.54 bits per heavy atom. The summed E-state index contributed by atoms with van der Waals surface area (Å²) >= 11 is 0.